The Hall–Kier alpha value is 0.0343. The SMILES string of the molecule is C=C(C)C[O][Ti]([O]CC(=C)C)([O]C(C)C)[O]C(CCCCCCCCCCCC)CCCCCCCCCCCCC. The molecule has 0 fully saturated rings. The fourth-order valence-corrected chi connectivity index (χ4v) is 9.15. The summed E-state index contributed by atoms with van der Waals surface area (Å²) in [6.45, 7) is 21.5. The Morgan fingerprint density at radius 2 is 0.810 bits per heavy atom. The van der Waals surface area contributed by atoms with E-state index in [-0.39, 0.29) is 12.2 Å². The van der Waals surface area contributed by atoms with Gasteiger partial charge < -0.3 is 0 Å². The summed E-state index contributed by atoms with van der Waals surface area (Å²) < 4.78 is 26.0. The van der Waals surface area contributed by atoms with Gasteiger partial charge in [-0.1, -0.05) is 33.1 Å². The molecule has 0 bridgehead atoms. The van der Waals surface area contributed by atoms with Gasteiger partial charge in [0.2, 0.25) is 0 Å². The smallest absolute Gasteiger partial charge is 0.0654 e. The molecule has 0 heterocycles. The third-order valence-corrected chi connectivity index (χ3v) is 11.4. The van der Waals surface area contributed by atoms with E-state index in [4.69, 9.17) is 13.3 Å². The quantitative estimate of drug-likeness (QED) is 0.0411. The third kappa shape index (κ3) is 27.6. The van der Waals surface area contributed by atoms with Crippen LogP contribution in [0.3, 0.4) is 0 Å². The first-order valence-electron chi connectivity index (χ1n) is 18.2. The maximum atomic E-state index is 6.86. The van der Waals surface area contributed by atoms with Crippen molar-refractivity contribution in [1.82, 2.24) is 0 Å². The first-order valence-corrected chi connectivity index (χ1v) is 20.7. The molecule has 1 atom stereocenters. The van der Waals surface area contributed by atoms with Crippen LogP contribution in [0.5, 0.6) is 0 Å². The van der Waals surface area contributed by atoms with Gasteiger partial charge in [0, 0.05) is 0 Å². The van der Waals surface area contributed by atoms with Crippen LogP contribution in [0.4, 0.5) is 0 Å². The third-order valence-electron chi connectivity index (χ3n) is 7.69. The van der Waals surface area contributed by atoms with E-state index in [0.29, 0.717) is 13.2 Å². The summed E-state index contributed by atoms with van der Waals surface area (Å²) in [5.41, 5.74) is 1.91. The summed E-state index contributed by atoms with van der Waals surface area (Å²) in [6.07, 6.45) is 30.5. The van der Waals surface area contributed by atoms with Gasteiger partial charge in [0.15, 0.2) is 0 Å². The molecule has 4 nitrogen and oxygen atoms in total. The second-order valence-electron chi connectivity index (χ2n) is 13.2. The molecule has 5 heteroatoms. The molecule has 250 valence electrons. The predicted molar refractivity (Wildman–Crippen MR) is 180 cm³/mol. The minimum atomic E-state index is -4.01. The fraction of sp³-hybridized carbons (Fsp3) is 0.892. The van der Waals surface area contributed by atoms with Crippen molar-refractivity contribution in [2.45, 2.75) is 201 Å². The second kappa shape index (κ2) is 29.7. The van der Waals surface area contributed by atoms with Crippen molar-refractivity contribution in [3.8, 4) is 0 Å². The van der Waals surface area contributed by atoms with Gasteiger partial charge in [0.25, 0.3) is 0 Å². The Balaban J connectivity index is 4.93. The van der Waals surface area contributed by atoms with Crippen LogP contribution >= 0.6 is 0 Å². The van der Waals surface area contributed by atoms with Crippen LogP contribution in [-0.2, 0) is 31.4 Å². The molecule has 0 aromatic rings. The summed E-state index contributed by atoms with van der Waals surface area (Å²) in [6, 6.07) is 0. The molecule has 1 unspecified atom stereocenters. The molecule has 0 aliphatic heterocycles. The molecular formula is C37H74O4Ti. The minimum absolute atomic E-state index is 0.0276. The molecule has 0 radical (unpaired) electrons. The van der Waals surface area contributed by atoms with Gasteiger partial charge in [-0.25, -0.2) is 0 Å². The average Bonchev–Trinajstić information content (AvgIpc) is 2.94. The zero-order chi connectivity index (χ0) is 31.3. The van der Waals surface area contributed by atoms with E-state index in [0.717, 1.165) is 24.0 Å². The Morgan fingerprint density at radius 3 is 1.10 bits per heavy atom. The Bertz CT molecular complexity index is 603. The summed E-state index contributed by atoms with van der Waals surface area (Å²) >= 11 is -4.01. The first-order chi connectivity index (χ1) is 20.2. The molecule has 0 aromatic heterocycles. The Labute approximate surface area is 269 Å². The number of unbranched alkanes of at least 4 members (excludes halogenated alkanes) is 19. The van der Waals surface area contributed by atoms with Gasteiger partial charge >= 0.3 is 237 Å². The number of hydrogen-bond acceptors (Lipinski definition) is 4. The molecule has 0 aromatic carbocycles. The Kier molecular flexibility index (Phi) is 29.8. The van der Waals surface area contributed by atoms with Gasteiger partial charge in [0.1, 0.15) is 0 Å². The van der Waals surface area contributed by atoms with Crippen LogP contribution in [-0.4, -0.2) is 25.4 Å². The van der Waals surface area contributed by atoms with Gasteiger partial charge in [-0.15, -0.1) is 0 Å². The topological polar surface area (TPSA) is 36.9 Å². The second-order valence-corrected chi connectivity index (χ2v) is 16.4. The maximum absolute atomic E-state index is 6.86. The van der Waals surface area contributed by atoms with E-state index in [1.807, 2.05) is 27.7 Å². The minimum Gasteiger partial charge on any atom is -0.0654 e. The number of hydrogen-bond donors (Lipinski definition) is 0. The van der Waals surface area contributed by atoms with E-state index in [2.05, 4.69) is 27.0 Å². The zero-order valence-electron chi connectivity index (χ0n) is 29.4. The normalized spacial score (nSPS) is 12.7. The molecule has 0 spiro atoms. The zero-order valence-corrected chi connectivity index (χ0v) is 30.9. The van der Waals surface area contributed by atoms with Gasteiger partial charge in [-0.3, -0.25) is 0 Å². The summed E-state index contributed by atoms with van der Waals surface area (Å²) in [4.78, 5) is 0. The van der Waals surface area contributed by atoms with Crippen molar-refractivity contribution in [1.29, 1.82) is 0 Å². The van der Waals surface area contributed by atoms with Crippen LogP contribution in [0.2, 0.25) is 0 Å². The molecule has 0 aliphatic carbocycles. The van der Waals surface area contributed by atoms with Crippen LogP contribution in [0.25, 0.3) is 0 Å². The molecular weight excluding hydrogens is 556 g/mol. The van der Waals surface area contributed by atoms with E-state index in [1.54, 1.807) is 0 Å². The van der Waals surface area contributed by atoms with Gasteiger partial charge in [-0.05, 0) is 0 Å². The van der Waals surface area contributed by atoms with E-state index >= 15 is 0 Å². The first kappa shape index (κ1) is 42.0. The molecule has 0 amide bonds. The van der Waals surface area contributed by atoms with Crippen molar-refractivity contribution in [3.63, 3.8) is 0 Å². The fourth-order valence-electron chi connectivity index (χ4n) is 5.28. The van der Waals surface area contributed by atoms with E-state index in [1.165, 1.54) is 135 Å². The van der Waals surface area contributed by atoms with Crippen molar-refractivity contribution < 1.29 is 31.4 Å². The standard InChI is InChI=1S/C26H53O.2C4H7O.C3H7O.Ti/c1-3-5-7-9-11-13-15-17-19-21-23-25-26(27)24-22-20-18-16-14-12-10-8-6-4-2;2*1-4(2)3-5;1-3(2)4;/h26H,3-25H2,1-2H3;2*1,3H2,2H3;3H,1-2H3;/q4*-1;+4. The Morgan fingerprint density at radius 1 is 0.500 bits per heavy atom. The van der Waals surface area contributed by atoms with Gasteiger partial charge in [0.05, 0.1) is 0 Å². The molecule has 0 rings (SSSR count). The predicted octanol–water partition coefficient (Wildman–Crippen LogP) is 12.8. The van der Waals surface area contributed by atoms with Crippen molar-refractivity contribution in [3.05, 3.63) is 24.3 Å². The van der Waals surface area contributed by atoms with Crippen molar-refractivity contribution in [2.24, 2.45) is 0 Å². The average molecular weight is 631 g/mol. The monoisotopic (exact) mass is 631 g/mol. The van der Waals surface area contributed by atoms with Crippen LogP contribution < -0.4 is 0 Å². The van der Waals surface area contributed by atoms with E-state index in [9.17, 15) is 0 Å². The molecule has 0 saturated heterocycles. The van der Waals surface area contributed by atoms with E-state index < -0.39 is 18.1 Å². The molecule has 0 saturated carbocycles. The number of rotatable bonds is 33. The summed E-state index contributed by atoms with van der Waals surface area (Å²) in [5, 5.41) is 0. The molecule has 0 aliphatic rings. The molecule has 0 N–H and O–H groups in total. The summed E-state index contributed by atoms with van der Waals surface area (Å²) in [5.74, 6) is 0. The van der Waals surface area contributed by atoms with Crippen LogP contribution in [0.1, 0.15) is 189 Å². The van der Waals surface area contributed by atoms with Crippen molar-refractivity contribution >= 4 is 0 Å². The van der Waals surface area contributed by atoms with Crippen LogP contribution in [0, 0.1) is 0 Å². The molecule has 42 heavy (non-hydrogen) atoms. The summed E-state index contributed by atoms with van der Waals surface area (Å²) in [7, 11) is 0. The van der Waals surface area contributed by atoms with Gasteiger partial charge in [-0.2, -0.15) is 0 Å². The van der Waals surface area contributed by atoms with Crippen LogP contribution in [0.15, 0.2) is 24.3 Å². The van der Waals surface area contributed by atoms with Crippen molar-refractivity contribution in [2.75, 3.05) is 13.2 Å².